The number of amides is 2. The van der Waals surface area contributed by atoms with E-state index in [2.05, 4.69) is 16.2 Å². The number of nitrogens with one attached hydrogen (secondary N) is 3. The maximum Gasteiger partial charge on any atom is 0.276 e. The predicted molar refractivity (Wildman–Crippen MR) is 125 cm³/mol. The van der Waals surface area contributed by atoms with E-state index >= 15 is 0 Å². The van der Waals surface area contributed by atoms with Gasteiger partial charge in [-0.2, -0.15) is 0 Å². The van der Waals surface area contributed by atoms with Crippen molar-refractivity contribution in [1.29, 1.82) is 0 Å². The van der Waals surface area contributed by atoms with Gasteiger partial charge in [0.25, 0.3) is 11.8 Å². The second-order valence-corrected chi connectivity index (χ2v) is 7.08. The minimum Gasteiger partial charge on any atom is -0.493 e. The normalized spacial score (nSPS) is 10.0. The molecule has 3 N–H and O–H groups in total. The van der Waals surface area contributed by atoms with Crippen molar-refractivity contribution in [3.63, 3.8) is 0 Å². The number of para-hydroxylation sites is 1. The second-order valence-electron chi connectivity index (χ2n) is 6.67. The number of rotatable bonds is 8. The van der Waals surface area contributed by atoms with Gasteiger partial charge in [0, 0.05) is 12.0 Å². The predicted octanol–water partition coefficient (Wildman–Crippen LogP) is 3.02. The van der Waals surface area contributed by atoms with E-state index in [9.17, 15) is 9.59 Å². The van der Waals surface area contributed by atoms with Crippen molar-refractivity contribution < 1.29 is 19.1 Å². The largest absolute Gasteiger partial charge is 0.493 e. The summed E-state index contributed by atoms with van der Waals surface area (Å²) in [7, 11) is 0. The lowest BCUT2D eigenvalue weighted by molar-refractivity contribution is -0.123. The number of hydrogen-bond acceptors (Lipinski definition) is 5. The van der Waals surface area contributed by atoms with Crippen LogP contribution in [0, 0.1) is 0 Å². The maximum atomic E-state index is 12.4. The molecule has 0 radical (unpaired) electrons. The zero-order chi connectivity index (χ0) is 22.6. The van der Waals surface area contributed by atoms with Crippen molar-refractivity contribution >= 4 is 29.1 Å². The first-order valence-corrected chi connectivity index (χ1v) is 10.4. The van der Waals surface area contributed by atoms with Crippen LogP contribution in [0.3, 0.4) is 0 Å². The molecule has 2 amide bonds. The molecule has 3 aromatic carbocycles. The van der Waals surface area contributed by atoms with Crippen LogP contribution < -0.4 is 25.6 Å². The van der Waals surface area contributed by atoms with Gasteiger partial charge in [-0.3, -0.25) is 25.8 Å². The van der Waals surface area contributed by atoms with E-state index < -0.39 is 11.8 Å². The first-order valence-electron chi connectivity index (χ1n) is 9.95. The molecule has 0 aliphatic carbocycles. The Morgan fingerprint density at radius 1 is 0.781 bits per heavy atom. The van der Waals surface area contributed by atoms with Crippen LogP contribution in [-0.2, 0) is 11.2 Å². The van der Waals surface area contributed by atoms with E-state index in [4.69, 9.17) is 21.7 Å². The standard InChI is InChI=1S/C24H23N3O4S/c28-22(17-31-20-11-5-2-6-12-20)26-27-24(32)25-23(29)19-10-7-13-21(16-19)30-15-14-18-8-3-1-4-9-18/h1-13,16H,14-15,17H2,(H,26,28)(H2,25,27,29,32). The van der Waals surface area contributed by atoms with Gasteiger partial charge < -0.3 is 9.47 Å². The van der Waals surface area contributed by atoms with Gasteiger partial charge in [0.2, 0.25) is 0 Å². The molecule has 0 atom stereocenters. The molecule has 0 saturated heterocycles. The molecule has 8 heteroatoms. The summed E-state index contributed by atoms with van der Waals surface area (Å²) in [6, 6.07) is 25.7. The monoisotopic (exact) mass is 449 g/mol. The smallest absolute Gasteiger partial charge is 0.276 e. The van der Waals surface area contributed by atoms with E-state index in [1.54, 1.807) is 48.5 Å². The quantitative estimate of drug-likeness (QED) is 0.362. The van der Waals surface area contributed by atoms with Crippen molar-refractivity contribution in [2.45, 2.75) is 6.42 Å². The van der Waals surface area contributed by atoms with E-state index in [-0.39, 0.29) is 11.7 Å². The Morgan fingerprint density at radius 3 is 2.22 bits per heavy atom. The minimum absolute atomic E-state index is 0.0431. The van der Waals surface area contributed by atoms with Crippen LogP contribution in [0.4, 0.5) is 0 Å². The minimum atomic E-state index is -0.445. The van der Waals surface area contributed by atoms with Crippen LogP contribution in [0.15, 0.2) is 84.9 Å². The highest BCUT2D eigenvalue weighted by atomic mass is 32.1. The fraction of sp³-hybridized carbons (Fsp3) is 0.125. The lowest BCUT2D eigenvalue weighted by Gasteiger charge is -2.12. The van der Waals surface area contributed by atoms with Gasteiger partial charge in [-0.05, 0) is 48.1 Å². The van der Waals surface area contributed by atoms with Crippen LogP contribution in [0.25, 0.3) is 0 Å². The van der Waals surface area contributed by atoms with Crippen molar-refractivity contribution in [1.82, 2.24) is 16.2 Å². The lowest BCUT2D eigenvalue weighted by Crippen LogP contribution is -2.49. The first kappa shape index (κ1) is 22.8. The Balaban J connectivity index is 1.40. The Labute approximate surface area is 191 Å². The number of thiocarbonyl (C=S) groups is 1. The molecule has 0 bridgehead atoms. The van der Waals surface area contributed by atoms with E-state index in [1.807, 2.05) is 36.4 Å². The number of carbonyl (C=O) groups is 2. The second kappa shape index (κ2) is 12.1. The Kier molecular flexibility index (Phi) is 8.59. The van der Waals surface area contributed by atoms with Crippen molar-refractivity contribution in [2.75, 3.05) is 13.2 Å². The molecule has 7 nitrogen and oxygen atoms in total. The molecule has 164 valence electrons. The molecule has 0 saturated carbocycles. The van der Waals surface area contributed by atoms with Gasteiger partial charge in [-0.1, -0.05) is 54.6 Å². The number of hydrogen-bond donors (Lipinski definition) is 3. The molecule has 0 heterocycles. The SMILES string of the molecule is O=C(COc1ccccc1)NNC(=S)NC(=O)c1cccc(OCCc2ccccc2)c1. The van der Waals surface area contributed by atoms with Gasteiger partial charge in [0.15, 0.2) is 11.7 Å². The molecule has 0 spiro atoms. The fourth-order valence-electron chi connectivity index (χ4n) is 2.69. The Morgan fingerprint density at radius 2 is 1.47 bits per heavy atom. The summed E-state index contributed by atoms with van der Waals surface area (Å²) >= 11 is 5.05. The number of ether oxygens (including phenoxy) is 2. The average Bonchev–Trinajstić information content (AvgIpc) is 2.83. The van der Waals surface area contributed by atoms with Crippen molar-refractivity contribution in [3.8, 4) is 11.5 Å². The van der Waals surface area contributed by atoms with Gasteiger partial charge in [0.05, 0.1) is 6.61 Å². The molecule has 0 aliphatic rings. The lowest BCUT2D eigenvalue weighted by atomic mass is 10.2. The van der Waals surface area contributed by atoms with E-state index in [0.29, 0.717) is 23.7 Å². The molecule has 3 aromatic rings. The highest BCUT2D eigenvalue weighted by molar-refractivity contribution is 7.80. The van der Waals surface area contributed by atoms with Crippen LogP contribution in [0.5, 0.6) is 11.5 Å². The van der Waals surface area contributed by atoms with E-state index in [1.165, 1.54) is 5.56 Å². The molecule has 0 fully saturated rings. The highest BCUT2D eigenvalue weighted by Crippen LogP contribution is 2.14. The number of carbonyl (C=O) groups excluding carboxylic acids is 2. The third kappa shape index (κ3) is 7.73. The average molecular weight is 450 g/mol. The molecule has 0 aliphatic heterocycles. The van der Waals surface area contributed by atoms with Gasteiger partial charge in [-0.15, -0.1) is 0 Å². The summed E-state index contributed by atoms with van der Waals surface area (Å²) in [5, 5.41) is 2.46. The maximum absolute atomic E-state index is 12.4. The summed E-state index contributed by atoms with van der Waals surface area (Å²) < 4.78 is 11.1. The number of hydrazine groups is 1. The van der Waals surface area contributed by atoms with E-state index in [0.717, 1.165) is 6.42 Å². The van der Waals surface area contributed by atoms with Crippen LogP contribution in [0.2, 0.25) is 0 Å². The summed E-state index contributed by atoms with van der Waals surface area (Å²) in [4.78, 5) is 24.3. The van der Waals surface area contributed by atoms with Crippen LogP contribution in [-0.4, -0.2) is 30.1 Å². The molecular weight excluding hydrogens is 426 g/mol. The van der Waals surface area contributed by atoms with Gasteiger partial charge >= 0.3 is 0 Å². The summed E-state index contributed by atoms with van der Waals surface area (Å²) in [6.45, 7) is 0.294. The topological polar surface area (TPSA) is 88.7 Å². The summed E-state index contributed by atoms with van der Waals surface area (Å²) in [6.07, 6.45) is 0.763. The Bertz CT molecular complexity index is 1050. The number of benzene rings is 3. The molecular formula is C24H23N3O4S. The summed E-state index contributed by atoms with van der Waals surface area (Å²) in [5.41, 5.74) is 6.40. The third-order valence-corrected chi connectivity index (χ3v) is 4.46. The van der Waals surface area contributed by atoms with Crippen LogP contribution >= 0.6 is 12.2 Å². The first-order chi connectivity index (χ1) is 15.6. The molecule has 0 aromatic heterocycles. The fourth-order valence-corrected chi connectivity index (χ4v) is 2.84. The third-order valence-electron chi connectivity index (χ3n) is 4.25. The Hall–Kier alpha value is -3.91. The van der Waals surface area contributed by atoms with Crippen LogP contribution in [0.1, 0.15) is 15.9 Å². The highest BCUT2D eigenvalue weighted by Gasteiger charge is 2.10. The zero-order valence-electron chi connectivity index (χ0n) is 17.2. The van der Waals surface area contributed by atoms with Crippen molar-refractivity contribution in [3.05, 3.63) is 96.1 Å². The molecule has 3 rings (SSSR count). The van der Waals surface area contributed by atoms with Gasteiger partial charge in [-0.25, -0.2) is 0 Å². The zero-order valence-corrected chi connectivity index (χ0v) is 18.1. The molecule has 32 heavy (non-hydrogen) atoms. The van der Waals surface area contributed by atoms with Crippen molar-refractivity contribution in [2.24, 2.45) is 0 Å². The molecule has 0 unspecified atom stereocenters. The van der Waals surface area contributed by atoms with Gasteiger partial charge in [0.1, 0.15) is 11.5 Å². The summed E-state index contributed by atoms with van der Waals surface area (Å²) in [5.74, 6) is 0.285.